The lowest BCUT2D eigenvalue weighted by molar-refractivity contribution is 0.275. The number of ether oxygens (including phenoxy) is 2. The fourth-order valence-corrected chi connectivity index (χ4v) is 2.11. The third kappa shape index (κ3) is 3.13. The van der Waals surface area contributed by atoms with Crippen LogP contribution in [0, 0.1) is 5.92 Å². The fourth-order valence-electron chi connectivity index (χ4n) is 2.11. The molecule has 1 aliphatic rings. The quantitative estimate of drug-likeness (QED) is 0.816. The van der Waals surface area contributed by atoms with Crippen molar-refractivity contribution >= 4 is 5.90 Å². The first-order chi connectivity index (χ1) is 8.83. The Morgan fingerprint density at radius 3 is 2.61 bits per heavy atom. The van der Waals surface area contributed by atoms with Crippen molar-refractivity contribution in [2.24, 2.45) is 10.9 Å². The van der Waals surface area contributed by atoms with E-state index in [2.05, 4.69) is 35.3 Å². The molecule has 3 nitrogen and oxygen atoms in total. The van der Waals surface area contributed by atoms with E-state index in [1.165, 1.54) is 5.56 Å². The Bertz CT molecular complexity index is 437. The van der Waals surface area contributed by atoms with Gasteiger partial charge in [-0.15, -0.1) is 0 Å². The van der Waals surface area contributed by atoms with E-state index in [1.54, 1.807) is 14.2 Å². The standard InChI is InChI=1S/C15H19NO2/c1-17-14-10-13(11-16-15(14)18-2)9-8-12-6-4-3-5-7-12/h3-7,10,13H,8-9,11H2,1-2H3. The van der Waals surface area contributed by atoms with Crippen molar-refractivity contribution in [2.45, 2.75) is 12.8 Å². The molecule has 0 amide bonds. The van der Waals surface area contributed by atoms with Crippen molar-refractivity contribution in [3.8, 4) is 0 Å². The van der Waals surface area contributed by atoms with Crippen LogP contribution in [0.2, 0.25) is 0 Å². The summed E-state index contributed by atoms with van der Waals surface area (Å²) in [6.07, 6.45) is 4.27. The molecule has 0 N–H and O–H groups in total. The number of hydrogen-bond donors (Lipinski definition) is 0. The van der Waals surface area contributed by atoms with Crippen molar-refractivity contribution in [3.05, 3.63) is 47.7 Å². The van der Waals surface area contributed by atoms with Crippen molar-refractivity contribution in [1.82, 2.24) is 0 Å². The first-order valence-electron chi connectivity index (χ1n) is 6.22. The van der Waals surface area contributed by atoms with E-state index in [-0.39, 0.29) is 0 Å². The Hall–Kier alpha value is -1.77. The number of nitrogens with zero attached hydrogens (tertiary/aromatic N) is 1. The van der Waals surface area contributed by atoms with Gasteiger partial charge in [0.15, 0.2) is 5.76 Å². The third-order valence-corrected chi connectivity index (χ3v) is 3.13. The van der Waals surface area contributed by atoms with Gasteiger partial charge in [0.25, 0.3) is 5.90 Å². The summed E-state index contributed by atoms with van der Waals surface area (Å²) in [5.74, 6) is 1.79. The predicted molar refractivity (Wildman–Crippen MR) is 72.7 cm³/mol. The minimum atomic E-state index is 0.430. The summed E-state index contributed by atoms with van der Waals surface area (Å²) in [6.45, 7) is 0.781. The number of aryl methyl sites for hydroxylation is 1. The summed E-state index contributed by atoms with van der Waals surface area (Å²) >= 11 is 0. The Morgan fingerprint density at radius 2 is 1.94 bits per heavy atom. The lowest BCUT2D eigenvalue weighted by atomic mass is 9.97. The van der Waals surface area contributed by atoms with Gasteiger partial charge in [-0.3, -0.25) is 0 Å². The smallest absolute Gasteiger partial charge is 0.251 e. The van der Waals surface area contributed by atoms with Crippen LogP contribution in [0.5, 0.6) is 0 Å². The molecule has 1 aliphatic heterocycles. The van der Waals surface area contributed by atoms with Crippen LogP contribution in [-0.4, -0.2) is 26.7 Å². The highest BCUT2D eigenvalue weighted by Crippen LogP contribution is 2.19. The molecular weight excluding hydrogens is 226 g/mol. The Kier molecular flexibility index (Phi) is 4.40. The molecule has 0 saturated carbocycles. The minimum absolute atomic E-state index is 0.430. The summed E-state index contributed by atoms with van der Waals surface area (Å²) in [5, 5.41) is 0. The molecule has 1 aromatic carbocycles. The lowest BCUT2D eigenvalue weighted by Crippen LogP contribution is -2.18. The van der Waals surface area contributed by atoms with E-state index < -0.39 is 0 Å². The van der Waals surface area contributed by atoms with Crippen LogP contribution in [0.4, 0.5) is 0 Å². The molecule has 0 aromatic heterocycles. The molecule has 96 valence electrons. The van der Waals surface area contributed by atoms with Crippen LogP contribution < -0.4 is 0 Å². The van der Waals surface area contributed by atoms with Gasteiger partial charge in [0.1, 0.15) is 0 Å². The number of aliphatic imine (C=N–C) groups is 1. The van der Waals surface area contributed by atoms with Crippen LogP contribution in [0.1, 0.15) is 12.0 Å². The highest BCUT2D eigenvalue weighted by molar-refractivity contribution is 5.92. The lowest BCUT2D eigenvalue weighted by Gasteiger charge is -2.19. The zero-order chi connectivity index (χ0) is 12.8. The second-order valence-electron chi connectivity index (χ2n) is 4.37. The van der Waals surface area contributed by atoms with Crippen molar-refractivity contribution in [3.63, 3.8) is 0 Å². The average Bonchev–Trinajstić information content (AvgIpc) is 2.45. The normalized spacial score (nSPS) is 18.9. The zero-order valence-corrected chi connectivity index (χ0v) is 10.9. The number of dihydropyridines is 1. The second-order valence-corrected chi connectivity index (χ2v) is 4.37. The Balaban J connectivity index is 1.92. The molecule has 0 fully saturated rings. The van der Waals surface area contributed by atoms with Crippen LogP contribution in [0.3, 0.4) is 0 Å². The van der Waals surface area contributed by atoms with Crippen molar-refractivity contribution in [1.29, 1.82) is 0 Å². The van der Waals surface area contributed by atoms with Crippen molar-refractivity contribution < 1.29 is 9.47 Å². The van der Waals surface area contributed by atoms with Gasteiger partial charge in [-0.2, -0.15) is 0 Å². The maximum atomic E-state index is 5.28. The summed E-state index contributed by atoms with van der Waals surface area (Å²) in [7, 11) is 3.27. The topological polar surface area (TPSA) is 30.8 Å². The summed E-state index contributed by atoms with van der Waals surface area (Å²) in [6, 6.07) is 10.5. The highest BCUT2D eigenvalue weighted by atomic mass is 16.5. The zero-order valence-electron chi connectivity index (χ0n) is 10.9. The highest BCUT2D eigenvalue weighted by Gasteiger charge is 2.18. The molecule has 1 heterocycles. The maximum Gasteiger partial charge on any atom is 0.251 e. The molecule has 1 aromatic rings. The van der Waals surface area contributed by atoms with E-state index in [0.717, 1.165) is 25.1 Å². The average molecular weight is 245 g/mol. The van der Waals surface area contributed by atoms with Crippen molar-refractivity contribution in [2.75, 3.05) is 20.8 Å². The van der Waals surface area contributed by atoms with Crippen LogP contribution >= 0.6 is 0 Å². The number of hydrogen-bond acceptors (Lipinski definition) is 3. The molecule has 18 heavy (non-hydrogen) atoms. The molecule has 3 heteroatoms. The molecule has 2 rings (SSSR count). The predicted octanol–water partition coefficient (Wildman–Crippen LogP) is 2.82. The van der Waals surface area contributed by atoms with E-state index in [1.807, 2.05) is 6.07 Å². The summed E-state index contributed by atoms with van der Waals surface area (Å²) in [5.41, 5.74) is 1.37. The van der Waals surface area contributed by atoms with Gasteiger partial charge in [-0.1, -0.05) is 30.3 Å². The Labute approximate surface area is 108 Å². The van der Waals surface area contributed by atoms with Crippen LogP contribution in [0.25, 0.3) is 0 Å². The number of rotatable bonds is 4. The first-order valence-corrected chi connectivity index (χ1v) is 6.22. The molecule has 1 unspecified atom stereocenters. The van der Waals surface area contributed by atoms with Crippen LogP contribution in [0.15, 0.2) is 47.2 Å². The van der Waals surface area contributed by atoms with E-state index in [4.69, 9.17) is 9.47 Å². The number of methoxy groups -OCH3 is 2. The van der Waals surface area contributed by atoms with Gasteiger partial charge in [0.2, 0.25) is 0 Å². The molecule has 0 aliphatic carbocycles. The van der Waals surface area contributed by atoms with Gasteiger partial charge in [0.05, 0.1) is 14.2 Å². The monoisotopic (exact) mass is 245 g/mol. The van der Waals surface area contributed by atoms with E-state index in [0.29, 0.717) is 11.8 Å². The van der Waals surface area contributed by atoms with E-state index in [9.17, 15) is 0 Å². The Morgan fingerprint density at radius 1 is 1.17 bits per heavy atom. The molecule has 1 atom stereocenters. The minimum Gasteiger partial charge on any atom is -0.491 e. The number of benzene rings is 1. The molecule has 0 bridgehead atoms. The summed E-state index contributed by atoms with van der Waals surface area (Å²) in [4.78, 5) is 4.40. The SMILES string of the molecule is COC1=CC(CCc2ccccc2)CN=C1OC. The molecular formula is C15H19NO2. The van der Waals surface area contributed by atoms with Gasteiger partial charge in [-0.05, 0) is 24.5 Å². The maximum absolute atomic E-state index is 5.28. The van der Waals surface area contributed by atoms with E-state index >= 15 is 0 Å². The van der Waals surface area contributed by atoms with Gasteiger partial charge in [-0.25, -0.2) is 4.99 Å². The largest absolute Gasteiger partial charge is 0.491 e. The van der Waals surface area contributed by atoms with Gasteiger partial charge >= 0.3 is 0 Å². The van der Waals surface area contributed by atoms with Gasteiger partial charge in [0, 0.05) is 12.5 Å². The first kappa shape index (κ1) is 12.7. The molecule has 0 spiro atoms. The molecule has 0 saturated heterocycles. The van der Waals surface area contributed by atoms with Gasteiger partial charge < -0.3 is 9.47 Å². The molecule has 0 radical (unpaired) electrons. The fraction of sp³-hybridized carbons (Fsp3) is 0.400. The van der Waals surface area contributed by atoms with Crippen LogP contribution in [-0.2, 0) is 15.9 Å². The summed E-state index contributed by atoms with van der Waals surface area (Å²) < 4.78 is 10.4. The second kappa shape index (κ2) is 6.24. The third-order valence-electron chi connectivity index (χ3n) is 3.13.